The number of alkyl halides is 3. The molecule has 0 aliphatic rings. The molecule has 7 heteroatoms. The summed E-state index contributed by atoms with van der Waals surface area (Å²) < 4.78 is 61.0. The fourth-order valence-corrected chi connectivity index (χ4v) is 1.49. The minimum atomic E-state index is -4.40. The standard InChI is InChI=1S/C8H6F5NS.C2H6/c1-4-5(9)2-6(10)7(14-4)15-3-8(11,12)13;1-2/h2H,3H2,1H3;1-2H3. The second kappa shape index (κ2) is 6.78. The average molecular weight is 273 g/mol. The molecule has 0 radical (unpaired) electrons. The summed E-state index contributed by atoms with van der Waals surface area (Å²) in [4.78, 5) is 3.39. The molecule has 0 aliphatic heterocycles. The number of hydrogen-bond acceptors (Lipinski definition) is 2. The first-order valence-electron chi connectivity index (χ1n) is 4.82. The lowest BCUT2D eigenvalue weighted by atomic mass is 10.3. The second-order valence-electron chi connectivity index (χ2n) is 2.75. The van der Waals surface area contributed by atoms with E-state index in [1.54, 1.807) is 0 Å². The minimum Gasteiger partial charge on any atom is -0.241 e. The van der Waals surface area contributed by atoms with Crippen molar-refractivity contribution in [3.63, 3.8) is 0 Å². The van der Waals surface area contributed by atoms with E-state index in [2.05, 4.69) is 4.98 Å². The molecule has 1 nitrogen and oxygen atoms in total. The van der Waals surface area contributed by atoms with E-state index in [4.69, 9.17) is 0 Å². The second-order valence-corrected chi connectivity index (χ2v) is 3.71. The van der Waals surface area contributed by atoms with Crippen molar-refractivity contribution in [2.75, 3.05) is 5.75 Å². The Morgan fingerprint density at radius 1 is 1.18 bits per heavy atom. The summed E-state index contributed by atoms with van der Waals surface area (Å²) in [5, 5.41) is -0.439. The van der Waals surface area contributed by atoms with E-state index in [0.717, 1.165) is 0 Å². The van der Waals surface area contributed by atoms with Crippen LogP contribution in [0.3, 0.4) is 0 Å². The highest BCUT2D eigenvalue weighted by molar-refractivity contribution is 7.99. The molecular weight excluding hydrogens is 261 g/mol. The fraction of sp³-hybridized carbons (Fsp3) is 0.500. The number of hydrogen-bond donors (Lipinski definition) is 0. The molecule has 17 heavy (non-hydrogen) atoms. The molecule has 0 aromatic carbocycles. The molecule has 0 saturated carbocycles. The van der Waals surface area contributed by atoms with E-state index in [-0.39, 0.29) is 17.5 Å². The van der Waals surface area contributed by atoms with Crippen LogP contribution in [0.4, 0.5) is 22.0 Å². The number of nitrogens with zero attached hydrogens (tertiary/aromatic N) is 1. The summed E-state index contributed by atoms with van der Waals surface area (Å²) in [6.45, 7) is 5.26. The third-order valence-corrected chi connectivity index (χ3v) is 2.48. The van der Waals surface area contributed by atoms with E-state index in [9.17, 15) is 22.0 Å². The van der Waals surface area contributed by atoms with Crippen LogP contribution in [0.2, 0.25) is 0 Å². The largest absolute Gasteiger partial charge is 0.398 e. The van der Waals surface area contributed by atoms with Crippen LogP contribution in [0.15, 0.2) is 11.1 Å². The molecule has 0 N–H and O–H groups in total. The lowest BCUT2D eigenvalue weighted by Crippen LogP contribution is -2.11. The average Bonchev–Trinajstić information content (AvgIpc) is 2.23. The third-order valence-electron chi connectivity index (χ3n) is 1.45. The number of rotatable bonds is 2. The maximum atomic E-state index is 12.9. The van der Waals surface area contributed by atoms with Crippen molar-refractivity contribution in [3.05, 3.63) is 23.4 Å². The molecule has 0 atom stereocenters. The Hall–Kier alpha value is -0.850. The van der Waals surface area contributed by atoms with Crippen molar-refractivity contribution < 1.29 is 22.0 Å². The van der Waals surface area contributed by atoms with Gasteiger partial charge in [-0.15, -0.1) is 0 Å². The van der Waals surface area contributed by atoms with Gasteiger partial charge in [-0.1, -0.05) is 25.6 Å². The Morgan fingerprint density at radius 3 is 2.18 bits per heavy atom. The molecule has 0 bridgehead atoms. The maximum absolute atomic E-state index is 12.9. The monoisotopic (exact) mass is 273 g/mol. The topological polar surface area (TPSA) is 12.9 Å². The summed E-state index contributed by atoms with van der Waals surface area (Å²) in [5.74, 6) is -3.20. The molecule has 98 valence electrons. The van der Waals surface area contributed by atoms with Gasteiger partial charge < -0.3 is 0 Å². The predicted molar refractivity (Wildman–Crippen MR) is 57.0 cm³/mol. The van der Waals surface area contributed by atoms with Crippen LogP contribution >= 0.6 is 11.8 Å². The number of aromatic nitrogens is 1. The Labute approximate surface area is 100 Å². The van der Waals surface area contributed by atoms with Gasteiger partial charge in [0.15, 0.2) is 5.82 Å². The smallest absolute Gasteiger partial charge is 0.241 e. The van der Waals surface area contributed by atoms with Gasteiger partial charge in [-0.05, 0) is 6.92 Å². The number of aryl methyl sites for hydroxylation is 1. The van der Waals surface area contributed by atoms with Gasteiger partial charge in [-0.25, -0.2) is 13.8 Å². The highest BCUT2D eigenvalue weighted by Crippen LogP contribution is 2.28. The highest BCUT2D eigenvalue weighted by Gasteiger charge is 2.28. The lowest BCUT2D eigenvalue weighted by molar-refractivity contribution is -0.105. The first-order chi connectivity index (χ1) is 7.79. The third kappa shape index (κ3) is 5.86. The van der Waals surface area contributed by atoms with Crippen molar-refractivity contribution in [2.45, 2.75) is 32.0 Å². The molecule has 1 heterocycles. The van der Waals surface area contributed by atoms with Gasteiger partial charge in [0.1, 0.15) is 10.8 Å². The Bertz CT molecular complexity index is 364. The molecule has 1 aromatic heterocycles. The molecule has 0 aliphatic carbocycles. The number of halogens is 5. The SMILES string of the molecule is CC.Cc1nc(SCC(F)(F)F)c(F)cc1F. The molecule has 1 aromatic rings. The Balaban J connectivity index is 0.00000121. The Morgan fingerprint density at radius 2 is 1.71 bits per heavy atom. The summed E-state index contributed by atoms with van der Waals surface area (Å²) >= 11 is 0.199. The zero-order valence-corrected chi connectivity index (χ0v) is 10.3. The summed E-state index contributed by atoms with van der Waals surface area (Å²) in [5.41, 5.74) is -0.124. The van der Waals surface area contributed by atoms with Crippen LogP contribution in [0.25, 0.3) is 0 Å². The molecule has 0 unspecified atom stereocenters. The Kier molecular flexibility index (Phi) is 6.44. The van der Waals surface area contributed by atoms with Crippen LogP contribution in [-0.4, -0.2) is 16.9 Å². The van der Waals surface area contributed by atoms with Gasteiger partial charge in [0.05, 0.1) is 11.4 Å². The van der Waals surface area contributed by atoms with E-state index in [0.29, 0.717) is 6.07 Å². The maximum Gasteiger partial charge on any atom is 0.398 e. The van der Waals surface area contributed by atoms with Crippen LogP contribution in [-0.2, 0) is 0 Å². The van der Waals surface area contributed by atoms with Gasteiger partial charge in [-0.3, -0.25) is 0 Å². The van der Waals surface area contributed by atoms with E-state index < -0.39 is 28.6 Å². The van der Waals surface area contributed by atoms with Crippen molar-refractivity contribution in [1.29, 1.82) is 0 Å². The molecular formula is C10H12F5NS. The van der Waals surface area contributed by atoms with Crippen LogP contribution in [0, 0.1) is 18.6 Å². The van der Waals surface area contributed by atoms with Gasteiger partial charge in [0.25, 0.3) is 0 Å². The lowest BCUT2D eigenvalue weighted by Gasteiger charge is -2.06. The quantitative estimate of drug-likeness (QED) is 0.587. The van der Waals surface area contributed by atoms with Gasteiger partial charge in [0, 0.05) is 6.07 Å². The minimum absolute atomic E-state index is 0.124. The zero-order valence-electron chi connectivity index (χ0n) is 9.53. The summed E-state index contributed by atoms with van der Waals surface area (Å²) in [7, 11) is 0. The molecule has 0 fully saturated rings. The first kappa shape index (κ1) is 16.1. The number of thioether (sulfide) groups is 1. The van der Waals surface area contributed by atoms with Crippen LogP contribution < -0.4 is 0 Å². The fourth-order valence-electron chi connectivity index (χ4n) is 0.788. The zero-order chi connectivity index (χ0) is 13.6. The van der Waals surface area contributed by atoms with E-state index in [1.165, 1.54) is 6.92 Å². The molecule has 0 amide bonds. The van der Waals surface area contributed by atoms with Crippen molar-refractivity contribution in [2.24, 2.45) is 0 Å². The van der Waals surface area contributed by atoms with Crippen LogP contribution in [0.5, 0.6) is 0 Å². The van der Waals surface area contributed by atoms with Gasteiger partial charge >= 0.3 is 6.18 Å². The van der Waals surface area contributed by atoms with E-state index >= 15 is 0 Å². The van der Waals surface area contributed by atoms with Gasteiger partial charge in [0.2, 0.25) is 0 Å². The van der Waals surface area contributed by atoms with Crippen molar-refractivity contribution in [3.8, 4) is 0 Å². The summed E-state index contributed by atoms with van der Waals surface area (Å²) in [6, 6.07) is 0.529. The molecule has 0 spiro atoms. The van der Waals surface area contributed by atoms with Gasteiger partial charge in [-0.2, -0.15) is 13.2 Å². The normalized spacial score (nSPS) is 10.8. The van der Waals surface area contributed by atoms with Crippen molar-refractivity contribution >= 4 is 11.8 Å². The highest BCUT2D eigenvalue weighted by atomic mass is 32.2. The van der Waals surface area contributed by atoms with Crippen LogP contribution in [0.1, 0.15) is 19.5 Å². The first-order valence-corrected chi connectivity index (χ1v) is 5.80. The molecule has 0 saturated heterocycles. The number of pyridine rings is 1. The van der Waals surface area contributed by atoms with E-state index in [1.807, 2.05) is 13.8 Å². The predicted octanol–water partition coefficient (Wildman–Crippen LogP) is 4.35. The summed E-state index contributed by atoms with van der Waals surface area (Å²) in [6.07, 6.45) is -4.40. The molecule has 1 rings (SSSR count). The van der Waals surface area contributed by atoms with Crippen molar-refractivity contribution in [1.82, 2.24) is 4.98 Å².